The van der Waals surface area contributed by atoms with Gasteiger partial charge in [0, 0.05) is 12.1 Å². The molecule has 0 radical (unpaired) electrons. The normalized spacial score (nSPS) is 12.7. The number of carbonyl (C=O) groups is 1. The number of benzene rings is 2. The van der Waals surface area contributed by atoms with Gasteiger partial charge in [-0.25, -0.2) is 8.78 Å². The minimum absolute atomic E-state index is 0.127. The molecule has 1 atom stereocenters. The molecule has 2 N–H and O–H groups in total. The van der Waals surface area contributed by atoms with Gasteiger partial charge in [0.25, 0.3) is 5.91 Å². The van der Waals surface area contributed by atoms with Crippen LogP contribution in [0.25, 0.3) is 0 Å². The van der Waals surface area contributed by atoms with Gasteiger partial charge in [0.05, 0.1) is 28.6 Å². The van der Waals surface area contributed by atoms with Gasteiger partial charge >= 0.3 is 6.18 Å². The van der Waals surface area contributed by atoms with Crippen molar-refractivity contribution >= 4 is 28.9 Å². The minimum atomic E-state index is -4.73. The Morgan fingerprint density at radius 2 is 1.82 bits per heavy atom. The van der Waals surface area contributed by atoms with E-state index in [9.17, 15) is 26.7 Å². The Labute approximate surface area is 193 Å². The van der Waals surface area contributed by atoms with Crippen LogP contribution in [0, 0.1) is 11.6 Å². The number of hydrogen-bond donors (Lipinski definition) is 2. The number of amides is 1. The Kier molecular flexibility index (Phi) is 8.90. The van der Waals surface area contributed by atoms with E-state index < -0.39 is 46.8 Å². The van der Waals surface area contributed by atoms with E-state index in [1.54, 1.807) is 0 Å². The third-order valence-electron chi connectivity index (χ3n) is 4.89. The number of nitrogens with one attached hydrogen (secondary N) is 2. The average molecular weight is 494 g/mol. The van der Waals surface area contributed by atoms with Gasteiger partial charge < -0.3 is 15.4 Å². The number of rotatable bonds is 9. The number of alkyl halides is 3. The van der Waals surface area contributed by atoms with Gasteiger partial charge in [-0.15, -0.1) is 0 Å². The largest absolute Gasteiger partial charge is 0.480 e. The maximum absolute atomic E-state index is 14.8. The highest BCUT2D eigenvalue weighted by Gasteiger charge is 2.39. The molecule has 182 valence electrons. The Morgan fingerprint density at radius 1 is 1.15 bits per heavy atom. The van der Waals surface area contributed by atoms with E-state index in [0.29, 0.717) is 6.54 Å². The molecule has 5 nitrogen and oxygen atoms in total. The molecule has 2 rings (SSSR count). The summed E-state index contributed by atoms with van der Waals surface area (Å²) in [6, 6.07) is 5.49. The molecule has 0 aliphatic rings. The molecular formula is C22H25ClF5N3O2. The predicted octanol–water partition coefficient (Wildman–Crippen LogP) is 6.30. The molecular weight excluding hydrogens is 469 g/mol. The van der Waals surface area contributed by atoms with Crippen LogP contribution >= 0.6 is 11.6 Å². The van der Waals surface area contributed by atoms with E-state index >= 15 is 0 Å². The summed E-state index contributed by atoms with van der Waals surface area (Å²) in [5, 5.41) is 4.84. The third-order valence-corrected chi connectivity index (χ3v) is 5.20. The van der Waals surface area contributed by atoms with Gasteiger partial charge in [-0.1, -0.05) is 24.6 Å². The number of para-hydroxylation sites is 1. The highest BCUT2D eigenvalue weighted by Crippen LogP contribution is 2.33. The van der Waals surface area contributed by atoms with Crippen molar-refractivity contribution in [1.29, 1.82) is 0 Å². The van der Waals surface area contributed by atoms with Crippen LogP contribution in [0.1, 0.15) is 38.1 Å². The maximum atomic E-state index is 14.8. The molecule has 0 spiro atoms. The van der Waals surface area contributed by atoms with E-state index in [0.717, 1.165) is 25.1 Å². The Morgan fingerprint density at radius 3 is 2.36 bits per heavy atom. The zero-order valence-electron chi connectivity index (χ0n) is 18.5. The maximum Gasteiger partial charge on any atom is 0.425 e. The zero-order valence-corrected chi connectivity index (χ0v) is 19.2. The standard InChI is InChI=1S/C22H25ClF5N3O2/c1-5-31(12(2)3)11-29-18-10-19(33-13(4)22(26,27)28)14(9-17(18)25)21(32)30-20-15(23)7-6-8-16(20)24/h6-10,12-13,29H,5,11H2,1-4H3,(H,30,32)/t13-/m0/s1. The average Bonchev–Trinajstić information content (AvgIpc) is 2.71. The summed E-state index contributed by atoms with van der Waals surface area (Å²) in [7, 11) is 0. The molecule has 33 heavy (non-hydrogen) atoms. The minimum Gasteiger partial charge on any atom is -0.480 e. The molecule has 2 aromatic carbocycles. The predicted molar refractivity (Wildman–Crippen MR) is 118 cm³/mol. The van der Waals surface area contributed by atoms with Crippen molar-refractivity contribution in [2.24, 2.45) is 0 Å². The van der Waals surface area contributed by atoms with Crippen LogP contribution in [0.3, 0.4) is 0 Å². The molecule has 0 saturated heterocycles. The second kappa shape index (κ2) is 11.0. The molecule has 0 saturated carbocycles. The highest BCUT2D eigenvalue weighted by molar-refractivity contribution is 6.34. The first-order valence-corrected chi connectivity index (χ1v) is 10.5. The van der Waals surface area contributed by atoms with Crippen LogP contribution in [0.5, 0.6) is 5.75 Å². The SMILES string of the molecule is CCN(CNc1cc(O[C@@H](C)C(F)(F)F)c(C(=O)Nc2c(F)cccc2Cl)cc1F)C(C)C. The lowest BCUT2D eigenvalue weighted by molar-refractivity contribution is -0.189. The van der Waals surface area contributed by atoms with E-state index in [1.807, 2.05) is 25.7 Å². The number of anilines is 2. The van der Waals surface area contributed by atoms with Crippen molar-refractivity contribution in [2.75, 3.05) is 23.8 Å². The van der Waals surface area contributed by atoms with Crippen molar-refractivity contribution in [3.05, 3.63) is 52.6 Å². The van der Waals surface area contributed by atoms with Gasteiger partial charge in [-0.3, -0.25) is 9.69 Å². The van der Waals surface area contributed by atoms with Gasteiger partial charge in [0.15, 0.2) is 6.10 Å². The van der Waals surface area contributed by atoms with Crippen LogP contribution < -0.4 is 15.4 Å². The molecule has 0 aliphatic carbocycles. The van der Waals surface area contributed by atoms with E-state index in [4.69, 9.17) is 16.3 Å². The van der Waals surface area contributed by atoms with E-state index in [1.165, 1.54) is 12.1 Å². The van der Waals surface area contributed by atoms with Gasteiger partial charge in [0.1, 0.15) is 17.4 Å². The fourth-order valence-corrected chi connectivity index (χ4v) is 3.08. The second-order valence-corrected chi connectivity index (χ2v) is 7.92. The lowest BCUT2D eigenvalue weighted by atomic mass is 10.1. The van der Waals surface area contributed by atoms with Crippen LogP contribution in [0.4, 0.5) is 33.3 Å². The van der Waals surface area contributed by atoms with Crippen molar-refractivity contribution in [3.63, 3.8) is 0 Å². The topological polar surface area (TPSA) is 53.6 Å². The monoisotopic (exact) mass is 493 g/mol. The molecule has 0 fully saturated rings. The van der Waals surface area contributed by atoms with Gasteiger partial charge in [0.2, 0.25) is 0 Å². The summed E-state index contributed by atoms with van der Waals surface area (Å²) in [4.78, 5) is 14.7. The van der Waals surface area contributed by atoms with Crippen LogP contribution in [0.15, 0.2) is 30.3 Å². The number of carbonyl (C=O) groups excluding carboxylic acids is 1. The fourth-order valence-electron chi connectivity index (χ4n) is 2.87. The van der Waals surface area contributed by atoms with E-state index in [-0.39, 0.29) is 23.4 Å². The lowest BCUT2D eigenvalue weighted by Crippen LogP contribution is -2.35. The highest BCUT2D eigenvalue weighted by atomic mass is 35.5. The molecule has 1 amide bonds. The fraction of sp³-hybridized carbons (Fsp3) is 0.409. The molecule has 0 unspecified atom stereocenters. The quantitative estimate of drug-likeness (QED) is 0.318. The first-order valence-electron chi connectivity index (χ1n) is 10.1. The molecule has 0 bridgehead atoms. The van der Waals surface area contributed by atoms with Crippen LogP contribution in [-0.4, -0.2) is 42.3 Å². The molecule has 0 aromatic heterocycles. The molecule has 11 heteroatoms. The van der Waals surface area contributed by atoms with E-state index in [2.05, 4.69) is 10.6 Å². The van der Waals surface area contributed by atoms with Crippen molar-refractivity contribution in [2.45, 2.75) is 46.0 Å². The van der Waals surface area contributed by atoms with Gasteiger partial charge in [-0.05, 0) is 45.5 Å². The number of halogens is 6. The number of hydrogen-bond acceptors (Lipinski definition) is 4. The van der Waals surface area contributed by atoms with Crippen LogP contribution in [0.2, 0.25) is 5.02 Å². The summed E-state index contributed by atoms with van der Waals surface area (Å²) in [5.41, 5.74) is -1.10. The summed E-state index contributed by atoms with van der Waals surface area (Å²) in [6.07, 6.45) is -7.02. The van der Waals surface area contributed by atoms with Crippen molar-refractivity contribution < 1.29 is 31.5 Å². The van der Waals surface area contributed by atoms with Crippen molar-refractivity contribution in [3.8, 4) is 5.75 Å². The van der Waals surface area contributed by atoms with Crippen molar-refractivity contribution in [1.82, 2.24) is 4.90 Å². The van der Waals surface area contributed by atoms with Gasteiger partial charge in [-0.2, -0.15) is 13.2 Å². The molecule has 0 aliphatic heterocycles. The Bertz CT molecular complexity index is 965. The third kappa shape index (κ3) is 6.94. The first kappa shape index (κ1) is 26.7. The summed E-state index contributed by atoms with van der Waals surface area (Å²) in [6.45, 7) is 7.37. The van der Waals surface area contributed by atoms with Crippen LogP contribution in [-0.2, 0) is 0 Å². The molecule has 0 heterocycles. The lowest BCUT2D eigenvalue weighted by Gasteiger charge is -2.26. The second-order valence-electron chi connectivity index (χ2n) is 7.51. The summed E-state index contributed by atoms with van der Waals surface area (Å²) >= 11 is 5.89. The number of ether oxygens (including phenoxy) is 1. The smallest absolute Gasteiger partial charge is 0.425 e. The molecule has 2 aromatic rings. The summed E-state index contributed by atoms with van der Waals surface area (Å²) in [5.74, 6) is -3.38. The zero-order chi connectivity index (χ0) is 24.9. The Balaban J connectivity index is 2.43. The Hall–Kier alpha value is -2.59. The number of nitrogens with zero attached hydrogens (tertiary/aromatic N) is 1. The first-order chi connectivity index (χ1) is 15.3. The summed E-state index contributed by atoms with van der Waals surface area (Å²) < 4.78 is 73.1.